The molecule has 0 aliphatic rings. The van der Waals surface area contributed by atoms with Crippen LogP contribution in [-0.2, 0) is 0 Å². The highest BCUT2D eigenvalue weighted by Crippen LogP contribution is 1.86. The first-order valence-electron chi connectivity index (χ1n) is 0.582. The molecule has 0 bridgehead atoms. The monoisotopic (exact) mass is 116 g/mol. The van der Waals surface area contributed by atoms with Gasteiger partial charge in [-0.1, -0.05) is 35.4 Å². The Morgan fingerprint density at radius 2 is 2.00 bits per heavy atom. The molecular weight excluding hydrogens is 116 g/mol. The van der Waals surface area contributed by atoms with E-state index in [-0.39, 0.29) is 3.78 Å². The van der Waals surface area contributed by atoms with Crippen LogP contribution in [0.4, 0.5) is 0 Å². The molecule has 0 amide bonds. The zero-order valence-electron chi connectivity index (χ0n) is 1.66. The van der Waals surface area contributed by atoms with Crippen LogP contribution >= 0.6 is 35.4 Å². The highest BCUT2D eigenvalue weighted by atomic mass is 37.0. The minimum Gasteiger partial charge on any atom is -0.0579 e. The van der Waals surface area contributed by atoms with E-state index in [1.807, 2.05) is 0 Å². The quantitative estimate of drug-likeness (QED) is 0.343. The summed E-state index contributed by atoms with van der Waals surface area (Å²) in [7, 11) is 0. The van der Waals surface area contributed by atoms with Crippen LogP contribution in [0, 0.1) is 0 Å². The fourth-order valence-corrected chi connectivity index (χ4v) is 0. The van der Waals surface area contributed by atoms with E-state index in [1.165, 1.54) is 0 Å². The van der Waals surface area contributed by atoms with E-state index in [1.54, 1.807) is 0 Å². The Labute approximate surface area is 39.7 Å². The van der Waals surface area contributed by atoms with Crippen LogP contribution in [0.25, 0.3) is 0 Å². The van der Waals surface area contributed by atoms with Crippen LogP contribution < -0.4 is 0 Å². The molecule has 3 heteroatoms. The number of thiocarbonyl (C=S) groups is 1. The second-order valence-electron chi connectivity index (χ2n) is 0.226. The van der Waals surface area contributed by atoms with Crippen molar-refractivity contribution in [2.24, 2.45) is 0 Å². The summed E-state index contributed by atoms with van der Waals surface area (Å²) in [5.41, 5.74) is 0. The van der Waals surface area contributed by atoms with Gasteiger partial charge in [0, 0.05) is 0 Å². The fourth-order valence-electron chi connectivity index (χ4n) is 0. The van der Waals surface area contributed by atoms with Crippen LogP contribution in [-0.4, -0.2) is 3.78 Å². The number of hydrogen-bond donors (Lipinski definition) is 0. The van der Waals surface area contributed by atoms with Crippen LogP contribution in [0.3, 0.4) is 0 Å². The molecule has 0 aliphatic carbocycles. The standard InChI is InChI=1S/CCl2S/c2-1(3)4/i2+0,3+2. The predicted octanol–water partition coefficient (Wildman–Crippen LogP) is 1.75. The van der Waals surface area contributed by atoms with E-state index in [4.69, 9.17) is 23.2 Å². The first-order valence-corrected chi connectivity index (χ1v) is 1.75. The zero-order chi connectivity index (χ0) is 3.58. The molecule has 4 heavy (non-hydrogen) atoms. The summed E-state index contributed by atoms with van der Waals surface area (Å²) in [5.74, 6) is 0. The Bertz CT molecular complexity index is 29.0. The second kappa shape index (κ2) is 1.94. The van der Waals surface area contributed by atoms with Gasteiger partial charge in [-0.15, -0.1) is 0 Å². The average Bonchev–Trinajstić information content (AvgIpc) is 0.811. The van der Waals surface area contributed by atoms with Gasteiger partial charge in [0.1, 0.15) is 0 Å². The maximum atomic E-state index is 4.77. The second-order valence-corrected chi connectivity index (χ2v) is 2.03. The molecule has 0 heterocycles. The largest absolute Gasteiger partial charge is 0.169 e. The maximum absolute atomic E-state index is 4.77. The van der Waals surface area contributed by atoms with Gasteiger partial charge in [0.15, 0.2) is 3.78 Å². The van der Waals surface area contributed by atoms with Gasteiger partial charge in [0.2, 0.25) is 0 Å². The Hall–Kier alpha value is 0.670. The summed E-state index contributed by atoms with van der Waals surface area (Å²) in [5, 5.41) is 0. The number of rotatable bonds is 0. The van der Waals surface area contributed by atoms with Crippen LogP contribution in [0.1, 0.15) is 0 Å². The smallest absolute Gasteiger partial charge is 0.0579 e. The van der Waals surface area contributed by atoms with Crippen molar-refractivity contribution >= 4 is 39.2 Å². The molecule has 0 saturated heterocycles. The normalized spacial score (nSPS) is 6.50. The van der Waals surface area contributed by atoms with Crippen molar-refractivity contribution in [3.63, 3.8) is 0 Å². The topological polar surface area (TPSA) is 0 Å². The van der Waals surface area contributed by atoms with E-state index >= 15 is 0 Å². The lowest BCUT2D eigenvalue weighted by molar-refractivity contribution is 3.87. The third-order valence-corrected chi connectivity index (χ3v) is 0. The fraction of sp³-hybridized carbons (Fsp3) is 0. The van der Waals surface area contributed by atoms with Crippen LogP contribution in [0.2, 0.25) is 0 Å². The molecule has 0 radical (unpaired) electrons. The van der Waals surface area contributed by atoms with Gasteiger partial charge in [-0.2, -0.15) is 0 Å². The van der Waals surface area contributed by atoms with Crippen molar-refractivity contribution < 1.29 is 0 Å². The van der Waals surface area contributed by atoms with Crippen LogP contribution in [0.5, 0.6) is 0 Å². The summed E-state index contributed by atoms with van der Waals surface area (Å²) < 4.78 is -0.0556. The van der Waals surface area contributed by atoms with Crippen molar-refractivity contribution in [2.75, 3.05) is 0 Å². The van der Waals surface area contributed by atoms with Gasteiger partial charge in [-0.05, 0) is 0 Å². The van der Waals surface area contributed by atoms with E-state index in [2.05, 4.69) is 12.2 Å². The minimum absolute atomic E-state index is 0.0556. The predicted molar refractivity (Wildman–Crippen MR) is 24.3 cm³/mol. The van der Waals surface area contributed by atoms with Crippen LogP contribution in [0.15, 0.2) is 0 Å². The van der Waals surface area contributed by atoms with E-state index < -0.39 is 0 Å². The lowest BCUT2D eigenvalue weighted by Crippen LogP contribution is -1.45. The Balaban J connectivity index is 2.80. The van der Waals surface area contributed by atoms with E-state index in [0.717, 1.165) is 0 Å². The Kier molecular flexibility index (Phi) is 2.27. The maximum Gasteiger partial charge on any atom is 0.169 e. The van der Waals surface area contributed by atoms with E-state index in [0.29, 0.717) is 0 Å². The first-order chi connectivity index (χ1) is 1.73. The molecule has 0 nitrogen and oxygen atoms in total. The van der Waals surface area contributed by atoms with Gasteiger partial charge in [0.05, 0.1) is 0 Å². The molecule has 0 rings (SSSR count). The zero-order valence-corrected chi connectivity index (χ0v) is 3.99. The van der Waals surface area contributed by atoms with Crippen molar-refractivity contribution in [2.45, 2.75) is 0 Å². The highest BCUT2D eigenvalue weighted by molar-refractivity contribution is 7.86. The molecule has 24 valence electrons. The van der Waals surface area contributed by atoms with Crippen molar-refractivity contribution in [3.05, 3.63) is 0 Å². The highest BCUT2D eigenvalue weighted by Gasteiger charge is 1.64. The summed E-state index contributed by atoms with van der Waals surface area (Å²) in [4.78, 5) is 0. The third kappa shape index (κ3) is 16.6. The van der Waals surface area contributed by atoms with Gasteiger partial charge in [0.25, 0.3) is 0 Å². The van der Waals surface area contributed by atoms with Gasteiger partial charge in [-0.25, -0.2) is 0 Å². The van der Waals surface area contributed by atoms with Gasteiger partial charge in [-0.3, -0.25) is 0 Å². The molecule has 0 unspecified atom stereocenters. The first kappa shape index (κ1) is 4.67. The summed E-state index contributed by atoms with van der Waals surface area (Å²) >= 11 is 13.6. The number of halogens is 2. The van der Waals surface area contributed by atoms with Gasteiger partial charge < -0.3 is 0 Å². The molecule has 0 fully saturated rings. The molecule has 0 aromatic carbocycles. The van der Waals surface area contributed by atoms with Crippen molar-refractivity contribution in [1.82, 2.24) is 0 Å². The molecule has 0 saturated carbocycles. The van der Waals surface area contributed by atoms with Crippen molar-refractivity contribution in [3.8, 4) is 0 Å². The molecule has 0 aromatic rings. The number of hydrogen-bond acceptors (Lipinski definition) is 1. The van der Waals surface area contributed by atoms with Crippen molar-refractivity contribution in [1.29, 1.82) is 0 Å². The third-order valence-electron chi connectivity index (χ3n) is 0. The SMILES string of the molecule is S=C([35Cl])[37Cl]. The summed E-state index contributed by atoms with van der Waals surface area (Å²) in [6.45, 7) is 0. The lowest BCUT2D eigenvalue weighted by atomic mass is 11.9. The molecule has 0 spiro atoms. The van der Waals surface area contributed by atoms with Gasteiger partial charge >= 0.3 is 0 Å². The summed E-state index contributed by atoms with van der Waals surface area (Å²) in [6.07, 6.45) is 0. The molecule has 0 aromatic heterocycles. The Morgan fingerprint density at radius 1 is 2.00 bits per heavy atom. The molecular formula is CCl2S. The minimum atomic E-state index is -0.0556. The average molecular weight is 116 g/mol. The van der Waals surface area contributed by atoms with E-state index in [9.17, 15) is 0 Å². The lowest BCUT2D eigenvalue weighted by Gasteiger charge is -1.53. The molecule has 0 N–H and O–H groups in total. The summed E-state index contributed by atoms with van der Waals surface area (Å²) in [6, 6.07) is 0. The Morgan fingerprint density at radius 3 is 2.00 bits per heavy atom. The molecule has 0 atom stereocenters. The molecule has 0 aliphatic heterocycles.